The molecule has 1 aromatic carbocycles. The lowest BCUT2D eigenvalue weighted by atomic mass is 10.2. The van der Waals surface area contributed by atoms with Crippen molar-refractivity contribution in [2.24, 2.45) is 0 Å². The lowest BCUT2D eigenvalue weighted by Crippen LogP contribution is -2.32. The van der Waals surface area contributed by atoms with Crippen molar-refractivity contribution in [1.82, 2.24) is 9.88 Å². The summed E-state index contributed by atoms with van der Waals surface area (Å²) in [5.41, 5.74) is 1.82. The van der Waals surface area contributed by atoms with Crippen LogP contribution in [0.5, 0.6) is 11.5 Å². The van der Waals surface area contributed by atoms with Gasteiger partial charge in [0, 0.05) is 18.0 Å². The summed E-state index contributed by atoms with van der Waals surface area (Å²) in [6, 6.07) is 5.79. The Morgan fingerprint density at radius 3 is 2.76 bits per heavy atom. The van der Waals surface area contributed by atoms with Gasteiger partial charge in [-0.3, -0.25) is 4.90 Å². The fourth-order valence-corrected chi connectivity index (χ4v) is 5.70. The zero-order chi connectivity index (χ0) is 18.0. The molecule has 6 nitrogen and oxygen atoms in total. The number of hydrogen-bond donors (Lipinski definition) is 0. The monoisotopic (exact) mass is 382 g/mol. The van der Waals surface area contributed by atoms with E-state index in [2.05, 4.69) is 4.90 Å². The minimum atomic E-state index is -2.88. The third kappa shape index (κ3) is 3.96. The average molecular weight is 383 g/mol. The van der Waals surface area contributed by atoms with Crippen LogP contribution in [0.15, 0.2) is 23.6 Å². The van der Waals surface area contributed by atoms with E-state index in [0.717, 1.165) is 16.3 Å². The molecule has 1 aliphatic heterocycles. The zero-order valence-electron chi connectivity index (χ0n) is 14.6. The minimum absolute atomic E-state index is 0.0708. The zero-order valence-corrected chi connectivity index (χ0v) is 16.2. The van der Waals surface area contributed by atoms with E-state index in [1.807, 2.05) is 30.6 Å². The predicted molar refractivity (Wildman–Crippen MR) is 99.2 cm³/mol. The van der Waals surface area contributed by atoms with Crippen LogP contribution in [0.3, 0.4) is 0 Å². The van der Waals surface area contributed by atoms with E-state index in [0.29, 0.717) is 24.5 Å². The maximum atomic E-state index is 11.7. The highest BCUT2D eigenvalue weighted by molar-refractivity contribution is 7.91. The van der Waals surface area contributed by atoms with Gasteiger partial charge in [-0.1, -0.05) is 6.07 Å². The number of para-hydroxylation sites is 1. The van der Waals surface area contributed by atoms with Crippen molar-refractivity contribution < 1.29 is 17.9 Å². The van der Waals surface area contributed by atoms with Crippen LogP contribution in [-0.2, 0) is 16.4 Å². The molecule has 1 fully saturated rings. The van der Waals surface area contributed by atoms with Gasteiger partial charge in [0.25, 0.3) is 0 Å². The fraction of sp³-hybridized carbons (Fsp3) is 0.471. The number of aromatic nitrogens is 1. The molecule has 0 radical (unpaired) electrons. The molecule has 0 spiro atoms. The van der Waals surface area contributed by atoms with E-state index in [1.54, 1.807) is 25.6 Å². The SMILES string of the molecule is COc1cccc(-c2nc(CN(C)C3CCS(=O)(=O)C3)cs2)c1OC. The summed E-state index contributed by atoms with van der Waals surface area (Å²) in [6.07, 6.45) is 0.694. The van der Waals surface area contributed by atoms with Crippen molar-refractivity contribution in [1.29, 1.82) is 0 Å². The molecule has 1 saturated heterocycles. The number of thiazole rings is 1. The summed E-state index contributed by atoms with van der Waals surface area (Å²) in [5, 5.41) is 2.87. The first-order chi connectivity index (χ1) is 11.9. The number of nitrogens with zero attached hydrogens (tertiary/aromatic N) is 2. The van der Waals surface area contributed by atoms with Crippen molar-refractivity contribution in [3.05, 3.63) is 29.3 Å². The second kappa shape index (κ2) is 7.31. The van der Waals surface area contributed by atoms with E-state index in [9.17, 15) is 8.42 Å². The van der Waals surface area contributed by atoms with Crippen LogP contribution < -0.4 is 9.47 Å². The maximum absolute atomic E-state index is 11.7. The largest absolute Gasteiger partial charge is 0.493 e. The molecule has 8 heteroatoms. The fourth-order valence-electron chi connectivity index (χ4n) is 3.07. The number of methoxy groups -OCH3 is 2. The van der Waals surface area contributed by atoms with Gasteiger partial charge in [0.1, 0.15) is 5.01 Å². The first-order valence-corrected chi connectivity index (χ1v) is 10.7. The lowest BCUT2D eigenvalue weighted by molar-refractivity contribution is 0.251. The second-order valence-corrected chi connectivity index (χ2v) is 9.24. The Balaban J connectivity index is 1.77. The summed E-state index contributed by atoms with van der Waals surface area (Å²) in [5.74, 6) is 1.86. The first-order valence-electron chi connectivity index (χ1n) is 8.00. The number of sulfone groups is 1. The molecule has 25 heavy (non-hydrogen) atoms. The van der Waals surface area contributed by atoms with E-state index in [-0.39, 0.29) is 17.5 Å². The van der Waals surface area contributed by atoms with Gasteiger partial charge in [-0.15, -0.1) is 11.3 Å². The Hall–Kier alpha value is -1.64. The molecule has 1 aromatic heterocycles. The number of benzene rings is 1. The van der Waals surface area contributed by atoms with Gasteiger partial charge in [0.15, 0.2) is 21.3 Å². The van der Waals surface area contributed by atoms with E-state index >= 15 is 0 Å². The van der Waals surface area contributed by atoms with Crippen molar-refractivity contribution in [3.8, 4) is 22.1 Å². The molecule has 0 bridgehead atoms. The van der Waals surface area contributed by atoms with Crippen LogP contribution in [0, 0.1) is 0 Å². The molecular weight excluding hydrogens is 360 g/mol. The number of hydrogen-bond acceptors (Lipinski definition) is 7. The highest BCUT2D eigenvalue weighted by atomic mass is 32.2. The van der Waals surface area contributed by atoms with Gasteiger partial charge in [-0.2, -0.15) is 0 Å². The Morgan fingerprint density at radius 1 is 1.32 bits per heavy atom. The smallest absolute Gasteiger partial charge is 0.170 e. The van der Waals surface area contributed by atoms with Crippen molar-refractivity contribution in [2.75, 3.05) is 32.8 Å². The molecule has 1 atom stereocenters. The molecule has 2 heterocycles. The first kappa shape index (κ1) is 18.2. The van der Waals surface area contributed by atoms with E-state index in [1.165, 1.54) is 0 Å². The van der Waals surface area contributed by atoms with E-state index in [4.69, 9.17) is 14.5 Å². The average Bonchev–Trinajstić information content (AvgIpc) is 3.20. The molecule has 0 aliphatic carbocycles. The summed E-state index contributed by atoms with van der Waals surface area (Å²) >= 11 is 1.54. The summed E-state index contributed by atoms with van der Waals surface area (Å²) in [4.78, 5) is 6.78. The van der Waals surface area contributed by atoms with Gasteiger partial charge in [0.2, 0.25) is 0 Å². The van der Waals surface area contributed by atoms with E-state index < -0.39 is 9.84 Å². The molecular formula is C17H22N2O4S2. The number of rotatable bonds is 6. The molecule has 0 saturated carbocycles. The predicted octanol–water partition coefficient (Wildman–Crippen LogP) is 2.45. The molecule has 1 aliphatic rings. The molecule has 3 rings (SSSR count). The highest BCUT2D eigenvalue weighted by Crippen LogP contribution is 2.39. The van der Waals surface area contributed by atoms with Gasteiger partial charge in [0.05, 0.1) is 37.0 Å². The standard InChI is InChI=1S/C17H22N2O4S2/c1-19(13-7-8-25(20,21)11-13)9-12-10-24-17(18-12)14-5-4-6-15(22-2)16(14)23-3/h4-6,10,13H,7-9,11H2,1-3H3. The van der Waals surface area contributed by atoms with Crippen LogP contribution >= 0.6 is 11.3 Å². The van der Waals surface area contributed by atoms with Gasteiger partial charge >= 0.3 is 0 Å². The molecule has 0 amide bonds. The van der Waals surface area contributed by atoms with Gasteiger partial charge in [-0.25, -0.2) is 13.4 Å². The Bertz CT molecular complexity index is 848. The minimum Gasteiger partial charge on any atom is -0.493 e. The molecule has 136 valence electrons. The molecule has 0 N–H and O–H groups in total. The lowest BCUT2D eigenvalue weighted by Gasteiger charge is -2.21. The Morgan fingerprint density at radius 2 is 2.12 bits per heavy atom. The molecule has 2 aromatic rings. The van der Waals surface area contributed by atoms with Crippen LogP contribution in [0.25, 0.3) is 10.6 Å². The normalized spacial score (nSPS) is 19.3. The topological polar surface area (TPSA) is 68.7 Å². The Labute approximate surface area is 152 Å². The quantitative estimate of drug-likeness (QED) is 0.764. The summed E-state index contributed by atoms with van der Waals surface area (Å²) in [6.45, 7) is 0.628. The number of ether oxygens (including phenoxy) is 2. The Kier molecular flexibility index (Phi) is 5.31. The van der Waals surface area contributed by atoms with Crippen LogP contribution in [0.2, 0.25) is 0 Å². The van der Waals surface area contributed by atoms with Gasteiger partial charge < -0.3 is 9.47 Å². The summed E-state index contributed by atoms with van der Waals surface area (Å²) in [7, 11) is 2.30. The second-order valence-electron chi connectivity index (χ2n) is 6.16. The van der Waals surface area contributed by atoms with Crippen LogP contribution in [0.4, 0.5) is 0 Å². The highest BCUT2D eigenvalue weighted by Gasteiger charge is 2.30. The maximum Gasteiger partial charge on any atom is 0.170 e. The molecule has 1 unspecified atom stereocenters. The van der Waals surface area contributed by atoms with Crippen LogP contribution in [0.1, 0.15) is 12.1 Å². The van der Waals surface area contributed by atoms with Crippen LogP contribution in [-0.4, -0.2) is 57.1 Å². The third-order valence-electron chi connectivity index (χ3n) is 4.43. The van der Waals surface area contributed by atoms with Crippen molar-refractivity contribution in [2.45, 2.75) is 19.0 Å². The van der Waals surface area contributed by atoms with Gasteiger partial charge in [-0.05, 0) is 25.6 Å². The van der Waals surface area contributed by atoms with Crippen molar-refractivity contribution >= 4 is 21.2 Å². The third-order valence-corrected chi connectivity index (χ3v) is 7.10. The van der Waals surface area contributed by atoms with Crippen molar-refractivity contribution in [3.63, 3.8) is 0 Å². The summed E-state index contributed by atoms with van der Waals surface area (Å²) < 4.78 is 34.1.